The second-order valence-electron chi connectivity index (χ2n) is 14.6. The zero-order chi connectivity index (χ0) is 45.0. The van der Waals surface area contributed by atoms with Crippen LogP contribution >= 0.6 is 23.2 Å². The molecule has 322 valence electrons. The van der Waals surface area contributed by atoms with Gasteiger partial charge in [0.15, 0.2) is 0 Å². The van der Waals surface area contributed by atoms with E-state index in [4.69, 9.17) is 42.1 Å². The van der Waals surface area contributed by atoms with Gasteiger partial charge in [-0.3, -0.25) is 20.1 Å². The van der Waals surface area contributed by atoms with Crippen LogP contribution in [0.2, 0.25) is 10.0 Å². The molecule has 0 amide bonds. The molecule has 0 spiro atoms. The van der Waals surface area contributed by atoms with Gasteiger partial charge in [-0.25, -0.2) is 0 Å². The number of aliphatic hydroxyl groups is 2. The Morgan fingerprint density at radius 2 is 1.14 bits per heavy atom. The van der Waals surface area contributed by atoms with E-state index in [1.54, 1.807) is 48.8 Å². The number of nitriles is 2. The second-order valence-corrected chi connectivity index (χ2v) is 15.4. The van der Waals surface area contributed by atoms with Crippen molar-refractivity contribution in [2.24, 2.45) is 0 Å². The number of carboxylic acid groups (broad SMARTS) is 1. The van der Waals surface area contributed by atoms with Gasteiger partial charge in [0.1, 0.15) is 67.6 Å². The average Bonchev–Trinajstić information content (AvgIpc) is 3.28. The van der Waals surface area contributed by atoms with E-state index < -0.39 is 18.1 Å². The molecular weight excluding hydrogens is 845 g/mol. The number of aliphatic hydroxyl groups excluding tert-OH is 2. The minimum absolute atomic E-state index is 0.00918. The fraction of sp³-hybridized carbons (Fsp3) is 0.229. The van der Waals surface area contributed by atoms with Crippen LogP contribution in [0.5, 0.6) is 23.0 Å². The number of nitrogens with one attached hydrogen (secondary N) is 1. The Hall–Kier alpha value is -6.71. The van der Waals surface area contributed by atoms with Gasteiger partial charge in [-0.1, -0.05) is 59.6 Å². The summed E-state index contributed by atoms with van der Waals surface area (Å²) in [7, 11) is 0. The maximum Gasteiger partial charge on any atom is 0.323 e. The van der Waals surface area contributed by atoms with E-state index in [0.717, 1.165) is 33.4 Å². The van der Waals surface area contributed by atoms with Crippen LogP contribution in [0.15, 0.2) is 97.6 Å². The summed E-state index contributed by atoms with van der Waals surface area (Å²) < 4.78 is 24.7. The molecule has 0 aliphatic carbocycles. The summed E-state index contributed by atoms with van der Waals surface area (Å²) in [5.41, 5.74) is 8.90. The van der Waals surface area contributed by atoms with Crippen LogP contribution in [0.3, 0.4) is 0 Å². The summed E-state index contributed by atoms with van der Waals surface area (Å²) >= 11 is 13.4. The van der Waals surface area contributed by atoms with E-state index in [0.29, 0.717) is 61.4 Å². The number of aromatic nitrogens is 2. The Morgan fingerprint density at radius 1 is 0.683 bits per heavy atom. The molecule has 13 nitrogen and oxygen atoms in total. The molecule has 0 saturated heterocycles. The van der Waals surface area contributed by atoms with Crippen LogP contribution in [0.25, 0.3) is 11.1 Å². The lowest BCUT2D eigenvalue weighted by atomic mass is 9.92. The number of halogens is 2. The van der Waals surface area contributed by atoms with Crippen molar-refractivity contribution < 1.29 is 39.1 Å². The van der Waals surface area contributed by atoms with Gasteiger partial charge in [-0.05, 0) is 78.4 Å². The second kappa shape index (κ2) is 21.4. The van der Waals surface area contributed by atoms with Crippen molar-refractivity contribution in [2.75, 3.05) is 0 Å². The molecule has 0 aliphatic heterocycles. The molecule has 0 unspecified atom stereocenters. The SMILES string of the molecule is Cc1c(COc2cc(OCc3cncc(C#N)c3)c(CO)cc2Cl)cccc1-c1cccc(COc2cc(OCc3cncc(C#N)c3)c(CN[C@@H](C(=O)O)[C@H](C)O)cc2Cl)c1C. The Kier molecular flexibility index (Phi) is 15.6. The first-order valence-electron chi connectivity index (χ1n) is 19.7. The Balaban J connectivity index is 1.19. The molecule has 2 heterocycles. The maximum atomic E-state index is 11.8. The van der Waals surface area contributed by atoms with Crippen LogP contribution in [0.4, 0.5) is 0 Å². The monoisotopic (exact) mass is 887 g/mol. The molecule has 4 N–H and O–H groups in total. The Labute approximate surface area is 374 Å². The fourth-order valence-electron chi connectivity index (χ4n) is 6.74. The van der Waals surface area contributed by atoms with Crippen molar-refractivity contribution in [1.82, 2.24) is 15.3 Å². The van der Waals surface area contributed by atoms with Crippen molar-refractivity contribution in [3.8, 4) is 46.3 Å². The zero-order valence-electron chi connectivity index (χ0n) is 34.6. The van der Waals surface area contributed by atoms with E-state index in [-0.39, 0.29) is 44.6 Å². The predicted octanol–water partition coefficient (Wildman–Crippen LogP) is 8.54. The Bertz CT molecular complexity index is 2700. The summed E-state index contributed by atoms with van der Waals surface area (Å²) in [6, 6.07) is 24.7. The minimum Gasteiger partial charge on any atom is -0.488 e. The van der Waals surface area contributed by atoms with Gasteiger partial charge in [0.05, 0.1) is 33.9 Å². The highest BCUT2D eigenvalue weighted by atomic mass is 35.5. The number of nitrogens with zero attached hydrogens (tertiary/aromatic N) is 4. The van der Waals surface area contributed by atoms with E-state index in [1.807, 2.05) is 50.2 Å². The smallest absolute Gasteiger partial charge is 0.323 e. The molecule has 63 heavy (non-hydrogen) atoms. The summed E-state index contributed by atoms with van der Waals surface area (Å²) in [5, 5.41) is 51.6. The molecule has 2 atom stereocenters. The third-order valence-corrected chi connectivity index (χ3v) is 10.8. The van der Waals surface area contributed by atoms with E-state index in [2.05, 4.69) is 27.4 Å². The standard InChI is InChI=1S/C48H43Cl2N5O8/c1-28-35(26-62-45-14-43(60-24-33-10-31(16-51)18-53-20-33)37(12-41(45)49)22-55-47(30(3)57)48(58)59)6-4-8-39(28)40-9-5-7-36(29(40)2)27-63-46-15-44(38(23-56)13-42(46)50)61-25-34-11-32(17-52)19-54-21-34/h4-15,18-21,30,47,55-57H,22-27H2,1-3H3,(H,58,59)/t30-,47+/m0/s1. The molecule has 6 rings (SSSR count). The van der Waals surface area contributed by atoms with E-state index in [9.17, 15) is 30.6 Å². The van der Waals surface area contributed by atoms with Crippen LogP contribution in [0, 0.1) is 36.5 Å². The molecule has 0 radical (unpaired) electrons. The lowest BCUT2D eigenvalue weighted by molar-refractivity contribution is -0.142. The van der Waals surface area contributed by atoms with Gasteiger partial charge in [0.25, 0.3) is 0 Å². The summed E-state index contributed by atoms with van der Waals surface area (Å²) in [6.07, 6.45) is 4.94. The predicted molar refractivity (Wildman–Crippen MR) is 235 cm³/mol. The minimum atomic E-state index is -1.24. The summed E-state index contributed by atoms with van der Waals surface area (Å²) in [6.45, 7) is 5.65. The quantitative estimate of drug-likeness (QED) is 0.0604. The van der Waals surface area contributed by atoms with Crippen molar-refractivity contribution in [3.63, 3.8) is 0 Å². The summed E-state index contributed by atoms with van der Waals surface area (Å²) in [5.74, 6) is 0.233. The number of carbonyl (C=O) groups is 1. The Morgan fingerprint density at radius 3 is 1.59 bits per heavy atom. The van der Waals surface area contributed by atoms with Crippen LogP contribution in [0.1, 0.15) is 62.6 Å². The molecule has 4 aromatic carbocycles. The number of aliphatic carboxylic acids is 1. The number of benzene rings is 4. The summed E-state index contributed by atoms with van der Waals surface area (Å²) in [4.78, 5) is 19.9. The molecule has 0 bridgehead atoms. The molecule has 15 heteroatoms. The number of rotatable bonds is 19. The van der Waals surface area contributed by atoms with Crippen molar-refractivity contribution in [2.45, 2.75) is 72.5 Å². The third-order valence-electron chi connectivity index (χ3n) is 10.2. The van der Waals surface area contributed by atoms with Gasteiger partial charge in [0.2, 0.25) is 0 Å². The van der Waals surface area contributed by atoms with E-state index in [1.165, 1.54) is 19.3 Å². The normalized spacial score (nSPS) is 11.8. The van der Waals surface area contributed by atoms with Crippen LogP contribution < -0.4 is 24.3 Å². The average molecular weight is 889 g/mol. The molecule has 2 aromatic heterocycles. The molecule has 0 aliphatic rings. The number of ether oxygens (including phenoxy) is 4. The lowest BCUT2D eigenvalue weighted by Crippen LogP contribution is -2.44. The number of hydrogen-bond donors (Lipinski definition) is 4. The van der Waals surface area contributed by atoms with Crippen LogP contribution in [-0.2, 0) is 44.4 Å². The van der Waals surface area contributed by atoms with Gasteiger partial charge >= 0.3 is 5.97 Å². The number of carboxylic acids is 1. The molecule has 6 aromatic rings. The first-order valence-corrected chi connectivity index (χ1v) is 20.4. The highest BCUT2D eigenvalue weighted by Gasteiger charge is 2.24. The first-order chi connectivity index (χ1) is 30.4. The number of hydrogen-bond acceptors (Lipinski definition) is 12. The van der Waals surface area contributed by atoms with Crippen LogP contribution in [-0.4, -0.2) is 43.4 Å². The van der Waals surface area contributed by atoms with Gasteiger partial charge in [-0.15, -0.1) is 0 Å². The van der Waals surface area contributed by atoms with Gasteiger partial charge in [0, 0.05) is 65.7 Å². The molecular formula is C48H43Cl2N5O8. The van der Waals surface area contributed by atoms with Crippen molar-refractivity contribution in [1.29, 1.82) is 10.5 Å². The fourth-order valence-corrected chi connectivity index (χ4v) is 7.22. The highest BCUT2D eigenvalue weighted by Crippen LogP contribution is 2.37. The van der Waals surface area contributed by atoms with Crippen molar-refractivity contribution >= 4 is 29.2 Å². The molecule has 0 fully saturated rings. The van der Waals surface area contributed by atoms with Gasteiger partial charge < -0.3 is 34.3 Å². The van der Waals surface area contributed by atoms with Gasteiger partial charge in [-0.2, -0.15) is 10.5 Å². The maximum absolute atomic E-state index is 11.8. The zero-order valence-corrected chi connectivity index (χ0v) is 36.1. The molecule has 0 saturated carbocycles. The largest absolute Gasteiger partial charge is 0.488 e. The highest BCUT2D eigenvalue weighted by molar-refractivity contribution is 6.32. The number of pyridine rings is 2. The topological polar surface area (TPSA) is 200 Å². The van der Waals surface area contributed by atoms with Crippen molar-refractivity contribution in [3.05, 3.63) is 163 Å². The van der Waals surface area contributed by atoms with E-state index >= 15 is 0 Å². The lowest BCUT2D eigenvalue weighted by Gasteiger charge is -2.20. The third kappa shape index (κ3) is 11.6. The first kappa shape index (κ1) is 45.8.